The van der Waals surface area contributed by atoms with Gasteiger partial charge < -0.3 is 10.2 Å². The molecule has 0 aliphatic rings. The van der Waals surface area contributed by atoms with Gasteiger partial charge in [-0.15, -0.1) is 0 Å². The average molecular weight is 335 g/mol. The second-order valence-electron chi connectivity index (χ2n) is 3.89. The Hall–Kier alpha value is -2.34. The van der Waals surface area contributed by atoms with Crippen LogP contribution in [0.5, 0.6) is 11.5 Å². The highest BCUT2D eigenvalue weighted by atomic mass is 79.9. The average Bonchev–Trinajstić information content (AvgIpc) is 2.44. The van der Waals surface area contributed by atoms with Gasteiger partial charge in [0.1, 0.15) is 0 Å². The predicted molar refractivity (Wildman–Crippen MR) is 79.0 cm³/mol. The van der Waals surface area contributed by atoms with E-state index in [1.165, 1.54) is 12.3 Å². The van der Waals surface area contributed by atoms with Gasteiger partial charge in [-0.25, -0.2) is 5.43 Å². The number of carbonyl (C=O) groups excluding carboxylic acids is 1. The summed E-state index contributed by atoms with van der Waals surface area (Å²) in [6, 6.07) is 11.4. The highest BCUT2D eigenvalue weighted by Gasteiger charge is 2.08. The Morgan fingerprint density at radius 3 is 2.65 bits per heavy atom. The van der Waals surface area contributed by atoms with Crippen LogP contribution in [0.4, 0.5) is 0 Å². The molecule has 0 fully saturated rings. The first kappa shape index (κ1) is 14.1. The Bertz CT molecular complexity index is 671. The van der Waals surface area contributed by atoms with Crippen molar-refractivity contribution in [2.24, 2.45) is 5.10 Å². The molecular formula is C14H11BrN2O3. The number of para-hydroxylation sites is 1. The first-order chi connectivity index (χ1) is 9.59. The summed E-state index contributed by atoms with van der Waals surface area (Å²) in [6.45, 7) is 0. The van der Waals surface area contributed by atoms with Crippen LogP contribution in [-0.4, -0.2) is 22.3 Å². The zero-order valence-electron chi connectivity index (χ0n) is 10.2. The van der Waals surface area contributed by atoms with Crippen molar-refractivity contribution < 1.29 is 15.0 Å². The normalized spacial score (nSPS) is 10.7. The van der Waals surface area contributed by atoms with Crippen LogP contribution in [0, 0.1) is 0 Å². The second-order valence-corrected chi connectivity index (χ2v) is 4.75. The molecule has 6 heteroatoms. The van der Waals surface area contributed by atoms with Crippen LogP contribution in [0.25, 0.3) is 0 Å². The van der Waals surface area contributed by atoms with Crippen LogP contribution in [0.15, 0.2) is 52.0 Å². The molecule has 0 atom stereocenters. The minimum absolute atomic E-state index is 0.244. The summed E-state index contributed by atoms with van der Waals surface area (Å²) in [4.78, 5) is 11.8. The smallest absolute Gasteiger partial charge is 0.272 e. The molecule has 20 heavy (non-hydrogen) atoms. The molecule has 0 aromatic heterocycles. The number of phenolic OH excluding ortho intramolecular Hbond substituents is 2. The monoisotopic (exact) mass is 334 g/mol. The molecule has 2 aromatic carbocycles. The standard InChI is InChI=1S/C14H11BrN2O3/c15-11-6-2-1-5-10(11)14(20)17-16-8-9-4-3-7-12(18)13(9)19/h1-8,18-19H,(H,17,20). The van der Waals surface area contributed by atoms with Gasteiger partial charge in [-0.3, -0.25) is 4.79 Å². The van der Waals surface area contributed by atoms with Crippen molar-refractivity contribution in [2.45, 2.75) is 0 Å². The lowest BCUT2D eigenvalue weighted by Crippen LogP contribution is -2.18. The Morgan fingerprint density at radius 1 is 1.15 bits per heavy atom. The summed E-state index contributed by atoms with van der Waals surface area (Å²) in [6.07, 6.45) is 1.25. The highest BCUT2D eigenvalue weighted by Crippen LogP contribution is 2.26. The fourth-order valence-electron chi connectivity index (χ4n) is 1.52. The highest BCUT2D eigenvalue weighted by molar-refractivity contribution is 9.10. The molecule has 3 N–H and O–H groups in total. The lowest BCUT2D eigenvalue weighted by atomic mass is 10.2. The van der Waals surface area contributed by atoms with Crippen molar-refractivity contribution in [3.63, 3.8) is 0 Å². The Morgan fingerprint density at radius 2 is 1.90 bits per heavy atom. The Labute approximate surface area is 123 Å². The van der Waals surface area contributed by atoms with Crippen LogP contribution in [0.1, 0.15) is 15.9 Å². The predicted octanol–water partition coefficient (Wildman–Crippen LogP) is 2.62. The van der Waals surface area contributed by atoms with Gasteiger partial charge in [0.2, 0.25) is 0 Å². The van der Waals surface area contributed by atoms with Gasteiger partial charge in [0, 0.05) is 10.0 Å². The van der Waals surface area contributed by atoms with Crippen molar-refractivity contribution in [2.75, 3.05) is 0 Å². The molecule has 0 radical (unpaired) electrons. The molecule has 0 heterocycles. The third-order valence-corrected chi connectivity index (χ3v) is 3.23. The van der Waals surface area contributed by atoms with E-state index in [2.05, 4.69) is 26.5 Å². The van der Waals surface area contributed by atoms with Crippen LogP contribution >= 0.6 is 15.9 Å². The number of hydrogen-bond donors (Lipinski definition) is 3. The molecule has 0 saturated heterocycles. The molecule has 1 amide bonds. The summed E-state index contributed by atoms with van der Waals surface area (Å²) in [7, 11) is 0. The number of halogens is 1. The van der Waals surface area contributed by atoms with Crippen LogP contribution < -0.4 is 5.43 Å². The van der Waals surface area contributed by atoms with E-state index in [1.807, 2.05) is 0 Å². The zero-order chi connectivity index (χ0) is 14.5. The van der Waals surface area contributed by atoms with E-state index in [0.29, 0.717) is 15.6 Å². The number of hydrazone groups is 1. The second kappa shape index (κ2) is 6.21. The maximum Gasteiger partial charge on any atom is 0.272 e. The first-order valence-electron chi connectivity index (χ1n) is 5.68. The van der Waals surface area contributed by atoms with E-state index in [-0.39, 0.29) is 17.4 Å². The Kier molecular flexibility index (Phi) is 4.37. The summed E-state index contributed by atoms with van der Waals surface area (Å²) in [5.41, 5.74) is 3.09. The van der Waals surface area contributed by atoms with E-state index in [9.17, 15) is 15.0 Å². The number of rotatable bonds is 3. The molecule has 0 bridgehead atoms. The van der Waals surface area contributed by atoms with Gasteiger partial charge in [0.15, 0.2) is 11.5 Å². The molecule has 0 saturated carbocycles. The molecule has 2 rings (SSSR count). The van der Waals surface area contributed by atoms with E-state index in [4.69, 9.17) is 0 Å². The summed E-state index contributed by atoms with van der Waals surface area (Å²) in [5.74, 6) is -0.911. The summed E-state index contributed by atoms with van der Waals surface area (Å²) < 4.78 is 0.660. The minimum atomic E-state index is -0.381. The number of phenols is 2. The summed E-state index contributed by atoms with van der Waals surface area (Å²) >= 11 is 3.27. The van der Waals surface area contributed by atoms with E-state index in [1.54, 1.807) is 36.4 Å². The van der Waals surface area contributed by atoms with Crippen LogP contribution in [0.2, 0.25) is 0 Å². The maximum absolute atomic E-state index is 11.8. The molecule has 102 valence electrons. The van der Waals surface area contributed by atoms with E-state index < -0.39 is 0 Å². The maximum atomic E-state index is 11.8. The number of benzene rings is 2. The van der Waals surface area contributed by atoms with Gasteiger partial charge in [-0.05, 0) is 40.2 Å². The van der Waals surface area contributed by atoms with Gasteiger partial charge in [0.05, 0.1) is 11.8 Å². The Balaban J connectivity index is 2.09. The third kappa shape index (κ3) is 3.16. The quantitative estimate of drug-likeness (QED) is 0.458. The van der Waals surface area contributed by atoms with Crippen LogP contribution in [0.3, 0.4) is 0 Å². The number of nitrogens with zero attached hydrogens (tertiary/aromatic N) is 1. The number of nitrogens with one attached hydrogen (secondary N) is 1. The van der Waals surface area contributed by atoms with Crippen molar-refractivity contribution in [1.82, 2.24) is 5.43 Å². The van der Waals surface area contributed by atoms with Gasteiger partial charge in [-0.2, -0.15) is 5.10 Å². The molecule has 0 unspecified atom stereocenters. The van der Waals surface area contributed by atoms with Crippen molar-refractivity contribution >= 4 is 28.1 Å². The number of aromatic hydroxyl groups is 2. The number of carbonyl (C=O) groups is 1. The van der Waals surface area contributed by atoms with Crippen molar-refractivity contribution in [1.29, 1.82) is 0 Å². The zero-order valence-corrected chi connectivity index (χ0v) is 11.8. The molecule has 5 nitrogen and oxygen atoms in total. The largest absolute Gasteiger partial charge is 0.504 e. The number of amides is 1. The lowest BCUT2D eigenvalue weighted by Gasteiger charge is -2.03. The van der Waals surface area contributed by atoms with E-state index >= 15 is 0 Å². The minimum Gasteiger partial charge on any atom is -0.504 e. The fourth-order valence-corrected chi connectivity index (χ4v) is 1.98. The molecule has 0 aliphatic heterocycles. The number of hydrogen-bond acceptors (Lipinski definition) is 4. The van der Waals surface area contributed by atoms with Gasteiger partial charge in [-0.1, -0.05) is 18.2 Å². The van der Waals surface area contributed by atoms with Crippen molar-refractivity contribution in [3.8, 4) is 11.5 Å². The summed E-state index contributed by atoms with van der Waals surface area (Å²) in [5, 5.41) is 22.6. The fraction of sp³-hybridized carbons (Fsp3) is 0. The van der Waals surface area contributed by atoms with Crippen LogP contribution in [-0.2, 0) is 0 Å². The molecular weight excluding hydrogens is 324 g/mol. The van der Waals surface area contributed by atoms with Gasteiger partial charge in [0.25, 0.3) is 5.91 Å². The van der Waals surface area contributed by atoms with E-state index in [0.717, 1.165) is 0 Å². The van der Waals surface area contributed by atoms with Crippen molar-refractivity contribution in [3.05, 3.63) is 58.1 Å². The SMILES string of the molecule is O=C(NN=Cc1cccc(O)c1O)c1ccccc1Br. The molecule has 0 aliphatic carbocycles. The van der Waals surface area contributed by atoms with Gasteiger partial charge >= 0.3 is 0 Å². The topological polar surface area (TPSA) is 81.9 Å². The third-order valence-electron chi connectivity index (χ3n) is 2.53. The first-order valence-corrected chi connectivity index (χ1v) is 6.48. The lowest BCUT2D eigenvalue weighted by molar-refractivity contribution is 0.0954. The molecule has 2 aromatic rings. The molecule has 0 spiro atoms.